The Kier molecular flexibility index (Phi) is 6.86. The van der Waals surface area contributed by atoms with Crippen molar-refractivity contribution in [2.75, 3.05) is 20.2 Å². The van der Waals surface area contributed by atoms with Crippen LogP contribution in [-0.4, -0.2) is 47.2 Å². The molecule has 0 saturated carbocycles. The molecule has 0 bridgehead atoms. The van der Waals surface area contributed by atoms with Crippen LogP contribution in [0.4, 0.5) is 0 Å². The van der Waals surface area contributed by atoms with E-state index in [2.05, 4.69) is 16.7 Å². The lowest BCUT2D eigenvalue weighted by Crippen LogP contribution is -3.00. The van der Waals surface area contributed by atoms with Gasteiger partial charge in [0.1, 0.15) is 6.61 Å². The van der Waals surface area contributed by atoms with Crippen LogP contribution in [0.25, 0.3) is 0 Å². The second kappa shape index (κ2) is 8.70. The molecule has 1 aliphatic heterocycles. The van der Waals surface area contributed by atoms with Gasteiger partial charge in [-0.1, -0.05) is 36.4 Å². The third-order valence-electron chi connectivity index (χ3n) is 4.51. The molecule has 5 nitrogen and oxygen atoms in total. The standard InChI is InChI=1S/C19H22N2O3S.BrH/c1-15-20(2)10-11-21(15)12-13-24-18(22)19(23,17-9-6-14-25-17)16-7-4-3-5-8-16;/h3-11,14-15,23H,12-13H2,1-2H3;1H/p-1. The topological polar surface area (TPSA) is 53.0 Å². The van der Waals surface area contributed by atoms with Crippen LogP contribution in [0.5, 0.6) is 0 Å². The maximum atomic E-state index is 12.8. The number of hydrogen-bond acceptors (Lipinski definition) is 6. The molecule has 140 valence electrons. The van der Waals surface area contributed by atoms with Crippen LogP contribution in [0, 0.1) is 0 Å². The zero-order valence-corrected chi connectivity index (χ0v) is 17.1. The highest BCUT2D eigenvalue weighted by Gasteiger charge is 2.42. The molecular weight excluding hydrogens is 416 g/mol. The quantitative estimate of drug-likeness (QED) is 0.623. The SMILES string of the molecule is CC1N(C)C=CN1CCOC(=O)C(O)(c1ccccc1)c1cccs1.[Br-]. The minimum Gasteiger partial charge on any atom is -1.00 e. The van der Waals surface area contributed by atoms with Gasteiger partial charge in [0.05, 0.1) is 17.6 Å². The van der Waals surface area contributed by atoms with Gasteiger partial charge in [0.25, 0.3) is 0 Å². The summed E-state index contributed by atoms with van der Waals surface area (Å²) < 4.78 is 5.45. The predicted molar refractivity (Wildman–Crippen MR) is 97.8 cm³/mol. The third kappa shape index (κ3) is 3.95. The average Bonchev–Trinajstić information content (AvgIpc) is 3.28. The largest absolute Gasteiger partial charge is 1.00 e. The van der Waals surface area contributed by atoms with E-state index in [0.29, 0.717) is 17.0 Å². The number of ether oxygens (including phenoxy) is 1. The van der Waals surface area contributed by atoms with Crippen molar-refractivity contribution in [3.05, 3.63) is 70.7 Å². The fourth-order valence-electron chi connectivity index (χ4n) is 2.81. The summed E-state index contributed by atoms with van der Waals surface area (Å²) in [6.45, 7) is 2.86. The van der Waals surface area contributed by atoms with Crippen LogP contribution in [-0.2, 0) is 15.1 Å². The first-order valence-electron chi connectivity index (χ1n) is 8.18. The summed E-state index contributed by atoms with van der Waals surface area (Å²) in [5.41, 5.74) is -1.27. The Balaban J connectivity index is 0.00000243. The van der Waals surface area contributed by atoms with E-state index in [9.17, 15) is 9.90 Å². The van der Waals surface area contributed by atoms with Gasteiger partial charge < -0.3 is 36.6 Å². The number of carbonyl (C=O) groups excluding carboxylic acids is 1. The molecule has 0 radical (unpaired) electrons. The molecule has 1 aromatic heterocycles. The number of rotatable bonds is 6. The van der Waals surface area contributed by atoms with Gasteiger partial charge in [-0.15, -0.1) is 11.3 Å². The number of thiophene rings is 1. The van der Waals surface area contributed by atoms with Crippen molar-refractivity contribution in [3.63, 3.8) is 0 Å². The van der Waals surface area contributed by atoms with Crippen molar-refractivity contribution in [1.29, 1.82) is 0 Å². The second-order valence-electron chi connectivity index (χ2n) is 6.02. The monoisotopic (exact) mass is 437 g/mol. The molecule has 1 aromatic carbocycles. The van der Waals surface area contributed by atoms with Gasteiger partial charge >= 0.3 is 5.97 Å². The van der Waals surface area contributed by atoms with E-state index in [-0.39, 0.29) is 29.8 Å². The lowest BCUT2D eigenvalue weighted by molar-refractivity contribution is -0.162. The van der Waals surface area contributed by atoms with E-state index in [1.807, 2.05) is 37.0 Å². The van der Waals surface area contributed by atoms with Crippen molar-refractivity contribution in [3.8, 4) is 0 Å². The molecule has 0 saturated heterocycles. The van der Waals surface area contributed by atoms with Gasteiger partial charge in [-0.05, 0) is 18.4 Å². The van der Waals surface area contributed by atoms with Crippen LogP contribution < -0.4 is 17.0 Å². The summed E-state index contributed by atoms with van der Waals surface area (Å²) in [5.74, 6) is -0.648. The van der Waals surface area contributed by atoms with Gasteiger partial charge in [-0.25, -0.2) is 4.79 Å². The summed E-state index contributed by atoms with van der Waals surface area (Å²) in [7, 11) is 2.00. The highest BCUT2D eigenvalue weighted by Crippen LogP contribution is 2.34. The van der Waals surface area contributed by atoms with Gasteiger partial charge in [-0.3, -0.25) is 0 Å². The zero-order chi connectivity index (χ0) is 17.9. The molecule has 3 rings (SSSR count). The summed E-state index contributed by atoms with van der Waals surface area (Å²) >= 11 is 1.33. The van der Waals surface area contributed by atoms with Gasteiger partial charge in [-0.2, -0.15) is 0 Å². The summed E-state index contributed by atoms with van der Waals surface area (Å²) in [6.07, 6.45) is 4.18. The van der Waals surface area contributed by atoms with Crippen LogP contribution in [0.3, 0.4) is 0 Å². The summed E-state index contributed by atoms with van der Waals surface area (Å²) in [4.78, 5) is 17.5. The van der Waals surface area contributed by atoms with E-state index < -0.39 is 11.6 Å². The van der Waals surface area contributed by atoms with Crippen molar-refractivity contribution >= 4 is 17.3 Å². The molecule has 0 fully saturated rings. The fraction of sp³-hybridized carbons (Fsp3) is 0.316. The predicted octanol–water partition coefficient (Wildman–Crippen LogP) is -0.404. The normalized spacial score (nSPS) is 18.3. The molecule has 1 aliphatic rings. The Hall–Kier alpha value is -1.83. The first kappa shape index (κ1) is 20.5. The van der Waals surface area contributed by atoms with E-state index in [4.69, 9.17) is 4.74 Å². The highest BCUT2D eigenvalue weighted by atomic mass is 79.9. The van der Waals surface area contributed by atoms with Crippen LogP contribution >= 0.6 is 11.3 Å². The van der Waals surface area contributed by atoms with Gasteiger partial charge in [0.15, 0.2) is 0 Å². The van der Waals surface area contributed by atoms with Crippen LogP contribution in [0.1, 0.15) is 17.4 Å². The molecule has 2 unspecified atom stereocenters. The smallest absolute Gasteiger partial charge is 0.348 e. The number of halogens is 1. The Bertz CT molecular complexity index is 739. The number of aliphatic hydroxyl groups is 1. The Morgan fingerprint density at radius 2 is 1.96 bits per heavy atom. The van der Waals surface area contributed by atoms with E-state index in [1.54, 1.807) is 30.3 Å². The molecule has 2 heterocycles. The number of carbonyl (C=O) groups is 1. The third-order valence-corrected chi connectivity index (χ3v) is 5.49. The number of nitrogens with zero attached hydrogens (tertiary/aromatic N) is 2. The molecule has 1 N–H and O–H groups in total. The number of benzene rings is 1. The molecule has 7 heteroatoms. The molecule has 0 spiro atoms. The summed E-state index contributed by atoms with van der Waals surface area (Å²) in [6, 6.07) is 12.5. The van der Waals surface area contributed by atoms with E-state index in [1.165, 1.54) is 11.3 Å². The number of hydrogen-bond donors (Lipinski definition) is 1. The lowest BCUT2D eigenvalue weighted by Gasteiger charge is -2.28. The maximum absolute atomic E-state index is 12.8. The Morgan fingerprint density at radius 1 is 1.23 bits per heavy atom. The molecule has 2 atom stereocenters. The minimum absolute atomic E-state index is 0. The van der Waals surface area contributed by atoms with Gasteiger partial charge in [0.2, 0.25) is 5.60 Å². The first-order valence-corrected chi connectivity index (χ1v) is 9.06. The molecule has 0 aliphatic carbocycles. The second-order valence-corrected chi connectivity index (χ2v) is 6.97. The van der Waals surface area contributed by atoms with Crippen molar-refractivity contribution in [2.24, 2.45) is 0 Å². The molecular formula is C19H22BrN2O3S-. The Labute approximate surface area is 168 Å². The van der Waals surface area contributed by atoms with Crippen molar-refractivity contribution < 1.29 is 31.6 Å². The first-order chi connectivity index (χ1) is 12.0. The van der Waals surface area contributed by atoms with Crippen LogP contribution in [0.2, 0.25) is 0 Å². The zero-order valence-electron chi connectivity index (χ0n) is 14.7. The molecule has 0 amide bonds. The van der Waals surface area contributed by atoms with Crippen molar-refractivity contribution in [2.45, 2.75) is 18.7 Å². The highest BCUT2D eigenvalue weighted by molar-refractivity contribution is 7.10. The lowest BCUT2D eigenvalue weighted by atomic mass is 9.92. The van der Waals surface area contributed by atoms with E-state index >= 15 is 0 Å². The van der Waals surface area contributed by atoms with Gasteiger partial charge in [0, 0.05) is 25.0 Å². The van der Waals surface area contributed by atoms with Crippen LogP contribution in [0.15, 0.2) is 60.2 Å². The van der Waals surface area contributed by atoms with Crippen molar-refractivity contribution in [1.82, 2.24) is 9.80 Å². The maximum Gasteiger partial charge on any atom is 0.348 e. The minimum atomic E-state index is -1.78. The molecule has 26 heavy (non-hydrogen) atoms. The fourth-order valence-corrected chi connectivity index (χ4v) is 3.64. The average molecular weight is 438 g/mol. The molecule has 2 aromatic rings. The number of esters is 1. The van der Waals surface area contributed by atoms with E-state index in [0.717, 1.165) is 0 Å². The Morgan fingerprint density at radius 3 is 2.54 bits per heavy atom. The summed E-state index contributed by atoms with van der Waals surface area (Å²) in [5, 5.41) is 13.0.